The molecule has 1 aromatic carbocycles. The second-order valence-corrected chi connectivity index (χ2v) is 3.36. The lowest BCUT2D eigenvalue weighted by atomic mass is 10.1. The molecule has 0 atom stereocenters. The number of carbonyl (C=O) groups excluding carboxylic acids is 1. The van der Waals surface area contributed by atoms with E-state index < -0.39 is 12.2 Å². The summed E-state index contributed by atoms with van der Waals surface area (Å²) in [6.45, 7) is 3.64. The lowest BCUT2D eigenvalue weighted by Gasteiger charge is -2.10. The minimum Gasteiger partial charge on any atom is -0.491 e. The Morgan fingerprint density at radius 2 is 2.00 bits per heavy atom. The number of hydrogen-bond acceptors (Lipinski definition) is 2. The predicted molar refractivity (Wildman–Crippen MR) is 52.5 cm³/mol. The third-order valence-corrected chi connectivity index (χ3v) is 1.69. The van der Waals surface area contributed by atoms with Gasteiger partial charge in [0.15, 0.2) is 0 Å². The second kappa shape index (κ2) is 4.87. The Kier molecular flexibility index (Phi) is 3.77. The van der Waals surface area contributed by atoms with Crippen molar-refractivity contribution in [2.24, 2.45) is 0 Å². The van der Waals surface area contributed by atoms with Gasteiger partial charge in [0, 0.05) is 5.56 Å². The van der Waals surface area contributed by atoms with Crippen molar-refractivity contribution >= 4 is 5.78 Å². The molecule has 82 valence electrons. The van der Waals surface area contributed by atoms with Crippen molar-refractivity contribution in [3.8, 4) is 5.75 Å². The number of Topliss-reactive ketones (excluding diaryl/α,β-unsaturated/α-hetero) is 1. The maximum Gasteiger partial charge on any atom is 0.300 e. The van der Waals surface area contributed by atoms with Gasteiger partial charge in [-0.25, -0.2) is 8.78 Å². The standard InChI is InChI=1S/C11H12F2O2/c1-7(2)15-9-5-3-4-8(6-9)10(14)11(12)13/h3-7,11H,1-2H3. The van der Waals surface area contributed by atoms with E-state index in [-0.39, 0.29) is 11.7 Å². The summed E-state index contributed by atoms with van der Waals surface area (Å²) in [6.07, 6.45) is -3.03. The summed E-state index contributed by atoms with van der Waals surface area (Å²) in [5.41, 5.74) is -0.0249. The Balaban J connectivity index is 2.87. The van der Waals surface area contributed by atoms with Gasteiger partial charge in [0.25, 0.3) is 0 Å². The Bertz CT molecular complexity index is 348. The van der Waals surface area contributed by atoms with E-state index in [0.717, 1.165) is 0 Å². The van der Waals surface area contributed by atoms with Crippen LogP contribution in [0.1, 0.15) is 24.2 Å². The molecule has 0 aliphatic rings. The molecule has 15 heavy (non-hydrogen) atoms. The van der Waals surface area contributed by atoms with E-state index in [2.05, 4.69) is 0 Å². The van der Waals surface area contributed by atoms with Crippen molar-refractivity contribution < 1.29 is 18.3 Å². The molecule has 0 unspecified atom stereocenters. The maximum atomic E-state index is 12.1. The van der Waals surface area contributed by atoms with Gasteiger partial charge in [0.05, 0.1) is 6.10 Å². The quantitative estimate of drug-likeness (QED) is 0.720. The number of benzene rings is 1. The third-order valence-electron chi connectivity index (χ3n) is 1.69. The number of hydrogen-bond donors (Lipinski definition) is 0. The molecule has 0 radical (unpaired) electrons. The molecule has 0 bridgehead atoms. The van der Waals surface area contributed by atoms with Crippen LogP contribution in [0.25, 0.3) is 0 Å². The zero-order chi connectivity index (χ0) is 11.4. The summed E-state index contributed by atoms with van der Waals surface area (Å²) in [4.78, 5) is 11.0. The van der Waals surface area contributed by atoms with Crippen LogP contribution in [0.3, 0.4) is 0 Å². The fourth-order valence-electron chi connectivity index (χ4n) is 1.12. The molecule has 1 rings (SSSR count). The molecule has 0 fully saturated rings. The van der Waals surface area contributed by atoms with E-state index >= 15 is 0 Å². The van der Waals surface area contributed by atoms with Crippen molar-refractivity contribution in [1.29, 1.82) is 0 Å². The highest BCUT2D eigenvalue weighted by atomic mass is 19.3. The van der Waals surface area contributed by atoms with Crippen LogP contribution >= 0.6 is 0 Å². The average molecular weight is 214 g/mol. The molecule has 0 N–H and O–H groups in total. The topological polar surface area (TPSA) is 26.3 Å². The summed E-state index contributed by atoms with van der Waals surface area (Å²) in [5.74, 6) is -0.749. The maximum absolute atomic E-state index is 12.1. The van der Waals surface area contributed by atoms with Gasteiger partial charge in [0.1, 0.15) is 5.75 Å². The van der Waals surface area contributed by atoms with Gasteiger partial charge in [-0.1, -0.05) is 12.1 Å². The SMILES string of the molecule is CC(C)Oc1cccc(C(=O)C(F)F)c1. The third kappa shape index (κ3) is 3.31. The molecule has 0 saturated carbocycles. The molecule has 0 aliphatic heterocycles. The van der Waals surface area contributed by atoms with Crippen LogP contribution in [-0.2, 0) is 0 Å². The Morgan fingerprint density at radius 3 is 2.53 bits per heavy atom. The van der Waals surface area contributed by atoms with Gasteiger partial charge >= 0.3 is 6.43 Å². The van der Waals surface area contributed by atoms with E-state index in [1.165, 1.54) is 18.2 Å². The van der Waals surface area contributed by atoms with E-state index in [1.807, 2.05) is 13.8 Å². The fourth-order valence-corrected chi connectivity index (χ4v) is 1.12. The Hall–Kier alpha value is -1.45. The van der Waals surface area contributed by atoms with Crippen molar-refractivity contribution in [2.75, 3.05) is 0 Å². The van der Waals surface area contributed by atoms with Crippen LogP contribution in [0.5, 0.6) is 5.75 Å². The zero-order valence-corrected chi connectivity index (χ0v) is 8.54. The largest absolute Gasteiger partial charge is 0.491 e. The first-order chi connectivity index (χ1) is 7.00. The van der Waals surface area contributed by atoms with E-state index in [1.54, 1.807) is 6.07 Å². The van der Waals surface area contributed by atoms with Crippen LogP contribution in [0.2, 0.25) is 0 Å². The van der Waals surface area contributed by atoms with Crippen LogP contribution in [0.4, 0.5) is 8.78 Å². The molecule has 0 aliphatic carbocycles. The van der Waals surface area contributed by atoms with Crippen molar-refractivity contribution in [1.82, 2.24) is 0 Å². The van der Waals surface area contributed by atoms with Crippen LogP contribution < -0.4 is 4.74 Å². The number of ether oxygens (including phenoxy) is 1. The number of carbonyl (C=O) groups is 1. The summed E-state index contributed by atoms with van der Waals surface area (Å²) >= 11 is 0. The molecule has 0 heterocycles. The monoisotopic (exact) mass is 214 g/mol. The van der Waals surface area contributed by atoms with Gasteiger partial charge in [-0.3, -0.25) is 4.79 Å². The Morgan fingerprint density at radius 1 is 1.33 bits per heavy atom. The number of rotatable bonds is 4. The summed E-state index contributed by atoms with van der Waals surface area (Å²) < 4.78 is 29.5. The summed E-state index contributed by atoms with van der Waals surface area (Å²) in [6, 6.07) is 5.83. The number of alkyl halides is 2. The lowest BCUT2D eigenvalue weighted by Crippen LogP contribution is -2.11. The van der Waals surface area contributed by atoms with Gasteiger partial charge in [0.2, 0.25) is 5.78 Å². The normalized spacial score (nSPS) is 10.8. The summed E-state index contributed by atoms with van der Waals surface area (Å²) in [7, 11) is 0. The second-order valence-electron chi connectivity index (χ2n) is 3.36. The van der Waals surface area contributed by atoms with Crippen LogP contribution in [0.15, 0.2) is 24.3 Å². The first-order valence-electron chi connectivity index (χ1n) is 4.60. The highest BCUT2D eigenvalue weighted by Crippen LogP contribution is 2.17. The summed E-state index contributed by atoms with van der Waals surface area (Å²) in [5, 5.41) is 0. The molecule has 4 heteroatoms. The molecule has 0 amide bonds. The average Bonchev–Trinajstić information content (AvgIpc) is 2.16. The van der Waals surface area contributed by atoms with E-state index in [4.69, 9.17) is 4.74 Å². The molecule has 0 saturated heterocycles. The van der Waals surface area contributed by atoms with Gasteiger partial charge in [-0.15, -0.1) is 0 Å². The first-order valence-corrected chi connectivity index (χ1v) is 4.60. The Labute approximate surface area is 86.9 Å². The highest BCUT2D eigenvalue weighted by molar-refractivity contribution is 5.98. The fraction of sp³-hybridized carbons (Fsp3) is 0.364. The van der Waals surface area contributed by atoms with Crippen molar-refractivity contribution in [3.63, 3.8) is 0 Å². The number of halogens is 2. The molecule has 2 nitrogen and oxygen atoms in total. The molecular formula is C11H12F2O2. The zero-order valence-electron chi connectivity index (χ0n) is 8.54. The molecule has 1 aromatic rings. The molecule has 0 spiro atoms. The van der Waals surface area contributed by atoms with Crippen molar-refractivity contribution in [3.05, 3.63) is 29.8 Å². The van der Waals surface area contributed by atoms with E-state index in [9.17, 15) is 13.6 Å². The van der Waals surface area contributed by atoms with Gasteiger partial charge in [-0.05, 0) is 26.0 Å². The highest BCUT2D eigenvalue weighted by Gasteiger charge is 2.17. The predicted octanol–water partition coefficient (Wildman–Crippen LogP) is 2.92. The first kappa shape index (κ1) is 11.6. The lowest BCUT2D eigenvalue weighted by molar-refractivity contribution is 0.0678. The van der Waals surface area contributed by atoms with Gasteiger partial charge in [-0.2, -0.15) is 0 Å². The van der Waals surface area contributed by atoms with Crippen molar-refractivity contribution in [2.45, 2.75) is 26.4 Å². The van der Waals surface area contributed by atoms with E-state index in [0.29, 0.717) is 5.75 Å². The molecule has 0 aromatic heterocycles. The molecular weight excluding hydrogens is 202 g/mol. The van der Waals surface area contributed by atoms with Crippen LogP contribution in [-0.4, -0.2) is 18.3 Å². The van der Waals surface area contributed by atoms with Gasteiger partial charge < -0.3 is 4.74 Å². The minimum absolute atomic E-state index is 0.0249. The minimum atomic E-state index is -2.97. The van der Waals surface area contributed by atoms with Crippen LogP contribution in [0, 0.1) is 0 Å². The number of ketones is 1. The smallest absolute Gasteiger partial charge is 0.300 e.